The topological polar surface area (TPSA) is 3.24 Å². The molecule has 0 aliphatic rings. The highest BCUT2D eigenvalue weighted by molar-refractivity contribution is 8.70. The molecule has 0 aliphatic heterocycles. The molecule has 0 heterocycles. The smallest absolute Gasteiger partial charge is 0.0635 e. The zero-order valence-corrected chi connectivity index (χ0v) is 10.4. The summed E-state index contributed by atoms with van der Waals surface area (Å²) in [6, 6.07) is 0. The first-order valence-corrected chi connectivity index (χ1v) is 8.70. The second kappa shape index (κ2) is 5.58. The van der Waals surface area contributed by atoms with Crippen molar-refractivity contribution in [1.29, 1.82) is 0 Å². The van der Waals surface area contributed by atoms with Crippen molar-refractivity contribution in [3.63, 3.8) is 0 Å². The number of nitrogens with zero attached hydrogens (tertiary/aromatic N) is 1. The summed E-state index contributed by atoms with van der Waals surface area (Å²) in [5.74, 6) is 1.22. The quantitative estimate of drug-likeness (QED) is 0.508. The van der Waals surface area contributed by atoms with Gasteiger partial charge in [0.15, 0.2) is 0 Å². The SMILES string of the molecule is CCCCSP(C)(=S)N(C)C. The molecule has 4 heteroatoms. The Morgan fingerprint density at radius 2 is 2.00 bits per heavy atom. The van der Waals surface area contributed by atoms with Crippen LogP contribution in [0.25, 0.3) is 0 Å². The van der Waals surface area contributed by atoms with Crippen LogP contribution < -0.4 is 0 Å². The predicted octanol–water partition coefficient (Wildman–Crippen LogP) is 3.02. The maximum atomic E-state index is 5.48. The number of unbranched alkanes of at least 4 members (excludes halogenated alkanes) is 1. The molecule has 0 aliphatic carbocycles. The normalized spacial score (nSPS) is 16.8. The monoisotopic (exact) mass is 211 g/mol. The molecule has 0 saturated heterocycles. The maximum absolute atomic E-state index is 5.48. The zero-order chi connectivity index (χ0) is 8.91. The fourth-order valence-electron chi connectivity index (χ4n) is 0.494. The fraction of sp³-hybridized carbons (Fsp3) is 1.00. The molecule has 0 rings (SSSR count). The summed E-state index contributed by atoms with van der Waals surface area (Å²) in [6.07, 6.45) is 2.57. The summed E-state index contributed by atoms with van der Waals surface area (Å²) in [5, 5.41) is -1.21. The second-order valence-electron chi connectivity index (χ2n) is 2.84. The fourth-order valence-corrected chi connectivity index (χ4v) is 4.25. The summed E-state index contributed by atoms with van der Waals surface area (Å²) in [4.78, 5) is 0. The van der Waals surface area contributed by atoms with Gasteiger partial charge in [0.05, 0.1) is 5.39 Å². The van der Waals surface area contributed by atoms with Crippen LogP contribution in [-0.2, 0) is 11.8 Å². The van der Waals surface area contributed by atoms with Crippen LogP contribution >= 0.6 is 16.8 Å². The van der Waals surface area contributed by atoms with Crippen LogP contribution in [0.1, 0.15) is 19.8 Å². The highest BCUT2D eigenvalue weighted by Gasteiger charge is 2.11. The molecular weight excluding hydrogens is 193 g/mol. The lowest BCUT2D eigenvalue weighted by atomic mass is 10.4. The van der Waals surface area contributed by atoms with Crippen molar-refractivity contribution in [3.8, 4) is 0 Å². The summed E-state index contributed by atoms with van der Waals surface area (Å²) in [6.45, 7) is 4.41. The molecule has 1 unspecified atom stereocenters. The molecule has 0 aromatic heterocycles. The zero-order valence-electron chi connectivity index (χ0n) is 7.83. The van der Waals surface area contributed by atoms with Crippen LogP contribution in [0.15, 0.2) is 0 Å². The van der Waals surface area contributed by atoms with Crippen LogP contribution in [0.3, 0.4) is 0 Å². The largest absolute Gasteiger partial charge is 0.274 e. The van der Waals surface area contributed by atoms with Gasteiger partial charge in [0.1, 0.15) is 0 Å². The Morgan fingerprint density at radius 3 is 2.36 bits per heavy atom. The van der Waals surface area contributed by atoms with E-state index in [0.29, 0.717) is 0 Å². The Morgan fingerprint density at radius 1 is 1.45 bits per heavy atom. The molecule has 0 spiro atoms. The van der Waals surface area contributed by atoms with Gasteiger partial charge in [0.25, 0.3) is 0 Å². The van der Waals surface area contributed by atoms with Crippen molar-refractivity contribution >= 4 is 28.6 Å². The van der Waals surface area contributed by atoms with Gasteiger partial charge in [0, 0.05) is 0 Å². The van der Waals surface area contributed by atoms with Gasteiger partial charge < -0.3 is 0 Å². The van der Waals surface area contributed by atoms with E-state index in [1.54, 1.807) is 0 Å². The molecule has 0 amide bonds. The van der Waals surface area contributed by atoms with Gasteiger partial charge in [0.2, 0.25) is 0 Å². The minimum Gasteiger partial charge on any atom is -0.274 e. The van der Waals surface area contributed by atoms with Crippen molar-refractivity contribution in [3.05, 3.63) is 0 Å². The van der Waals surface area contributed by atoms with Gasteiger partial charge in [-0.25, -0.2) is 0 Å². The molecule has 0 saturated carbocycles. The molecule has 1 atom stereocenters. The lowest BCUT2D eigenvalue weighted by molar-refractivity contribution is 0.689. The van der Waals surface area contributed by atoms with Gasteiger partial charge in [-0.2, -0.15) is 0 Å². The van der Waals surface area contributed by atoms with Crippen molar-refractivity contribution < 1.29 is 0 Å². The first-order chi connectivity index (χ1) is 5.00. The Balaban J connectivity index is 3.65. The standard InChI is InChI=1S/C7H18NPS2/c1-5-6-7-11-9(4,10)8(2)3/h5-7H2,1-4H3. The molecular formula is C7H18NPS2. The Labute approximate surface area is 79.7 Å². The Hall–Kier alpha value is 0.960. The van der Waals surface area contributed by atoms with Crippen LogP contribution in [-0.4, -0.2) is 31.2 Å². The van der Waals surface area contributed by atoms with Gasteiger partial charge in [-0.05, 0) is 32.9 Å². The van der Waals surface area contributed by atoms with Crippen molar-refractivity contribution in [2.45, 2.75) is 19.8 Å². The summed E-state index contributed by atoms with van der Waals surface area (Å²) in [5.41, 5.74) is 0. The molecule has 0 fully saturated rings. The molecule has 11 heavy (non-hydrogen) atoms. The van der Waals surface area contributed by atoms with E-state index in [0.717, 1.165) is 0 Å². The van der Waals surface area contributed by atoms with E-state index in [-0.39, 0.29) is 0 Å². The molecule has 0 aromatic rings. The van der Waals surface area contributed by atoms with Gasteiger partial charge in [-0.3, -0.25) is 4.67 Å². The third-order valence-electron chi connectivity index (χ3n) is 1.56. The minimum absolute atomic E-state index is 1.21. The van der Waals surface area contributed by atoms with Gasteiger partial charge in [-0.15, -0.1) is 11.4 Å². The predicted molar refractivity (Wildman–Crippen MR) is 61.3 cm³/mol. The molecule has 68 valence electrons. The number of hydrogen-bond acceptors (Lipinski definition) is 2. The Bertz CT molecular complexity index is 147. The number of hydrogen-bond donors (Lipinski definition) is 0. The summed E-state index contributed by atoms with van der Waals surface area (Å²) >= 11 is 7.44. The second-order valence-corrected chi connectivity index (χ2v) is 11.6. The minimum atomic E-state index is -1.21. The van der Waals surface area contributed by atoms with Crippen molar-refractivity contribution in [1.82, 2.24) is 4.67 Å². The van der Waals surface area contributed by atoms with E-state index in [4.69, 9.17) is 11.8 Å². The van der Waals surface area contributed by atoms with E-state index in [1.807, 2.05) is 11.4 Å². The lowest BCUT2D eigenvalue weighted by Crippen LogP contribution is -2.04. The van der Waals surface area contributed by atoms with Gasteiger partial charge >= 0.3 is 0 Å². The molecule has 0 aromatic carbocycles. The third-order valence-corrected chi connectivity index (χ3v) is 8.85. The lowest BCUT2D eigenvalue weighted by Gasteiger charge is -2.23. The van der Waals surface area contributed by atoms with E-state index in [9.17, 15) is 0 Å². The van der Waals surface area contributed by atoms with Gasteiger partial charge in [-0.1, -0.05) is 25.2 Å². The van der Waals surface area contributed by atoms with Crippen LogP contribution in [0, 0.1) is 0 Å². The molecule has 0 N–H and O–H groups in total. The Kier molecular flexibility index (Phi) is 6.07. The van der Waals surface area contributed by atoms with E-state index < -0.39 is 5.39 Å². The first kappa shape index (κ1) is 12.0. The van der Waals surface area contributed by atoms with Crippen molar-refractivity contribution in [2.75, 3.05) is 26.5 Å². The average molecular weight is 211 g/mol. The third kappa shape index (κ3) is 5.24. The van der Waals surface area contributed by atoms with Crippen LogP contribution in [0.4, 0.5) is 0 Å². The summed E-state index contributed by atoms with van der Waals surface area (Å²) < 4.78 is 2.20. The molecule has 0 bridgehead atoms. The average Bonchev–Trinajstić information content (AvgIpc) is 1.88. The highest BCUT2D eigenvalue weighted by atomic mass is 32.9. The van der Waals surface area contributed by atoms with E-state index in [2.05, 4.69) is 32.4 Å². The summed E-state index contributed by atoms with van der Waals surface area (Å²) in [7, 11) is 4.17. The highest BCUT2D eigenvalue weighted by Crippen LogP contribution is 2.57. The number of rotatable bonds is 5. The van der Waals surface area contributed by atoms with E-state index >= 15 is 0 Å². The van der Waals surface area contributed by atoms with Crippen LogP contribution in [0.5, 0.6) is 0 Å². The van der Waals surface area contributed by atoms with Crippen molar-refractivity contribution in [2.24, 2.45) is 0 Å². The molecule has 0 radical (unpaired) electrons. The van der Waals surface area contributed by atoms with Crippen LogP contribution in [0.2, 0.25) is 0 Å². The maximum Gasteiger partial charge on any atom is 0.0635 e. The first-order valence-electron chi connectivity index (χ1n) is 3.90. The van der Waals surface area contributed by atoms with E-state index in [1.165, 1.54) is 18.6 Å². The molecule has 1 nitrogen and oxygen atoms in total.